The number of amides is 1. The van der Waals surface area contributed by atoms with Crippen molar-refractivity contribution < 1.29 is 13.9 Å². The van der Waals surface area contributed by atoms with Gasteiger partial charge in [0.25, 0.3) is 0 Å². The molecular formula is C14H22Br2N2O3. The van der Waals surface area contributed by atoms with E-state index in [4.69, 9.17) is 9.15 Å². The first-order chi connectivity index (χ1) is 9.71. The highest BCUT2D eigenvalue weighted by molar-refractivity contribution is 9.13. The SMILES string of the molecule is CCC(CNC(=O)OC(C)(C)C)NCc1cc(Br)c(Br)o1. The smallest absolute Gasteiger partial charge is 0.407 e. The summed E-state index contributed by atoms with van der Waals surface area (Å²) in [7, 11) is 0. The molecule has 1 heterocycles. The molecule has 0 saturated carbocycles. The van der Waals surface area contributed by atoms with Gasteiger partial charge in [-0.25, -0.2) is 4.79 Å². The lowest BCUT2D eigenvalue weighted by Gasteiger charge is -2.22. The Hall–Kier alpha value is -0.530. The number of hydrogen-bond acceptors (Lipinski definition) is 4. The van der Waals surface area contributed by atoms with E-state index in [0.717, 1.165) is 16.7 Å². The summed E-state index contributed by atoms with van der Waals surface area (Å²) in [5.41, 5.74) is -0.480. The Labute approximate surface area is 142 Å². The predicted octanol–water partition coefficient (Wildman–Crippen LogP) is 4.20. The maximum absolute atomic E-state index is 11.6. The van der Waals surface area contributed by atoms with Crippen LogP contribution in [-0.4, -0.2) is 24.3 Å². The van der Waals surface area contributed by atoms with Gasteiger partial charge in [0.1, 0.15) is 11.4 Å². The lowest BCUT2D eigenvalue weighted by atomic mass is 10.2. The van der Waals surface area contributed by atoms with Crippen LogP contribution in [0.1, 0.15) is 39.9 Å². The first-order valence-corrected chi connectivity index (χ1v) is 8.43. The van der Waals surface area contributed by atoms with Crippen LogP contribution in [0.15, 0.2) is 19.6 Å². The fourth-order valence-electron chi connectivity index (χ4n) is 1.60. The van der Waals surface area contributed by atoms with E-state index in [2.05, 4.69) is 49.4 Å². The minimum absolute atomic E-state index is 0.153. The van der Waals surface area contributed by atoms with Gasteiger partial charge in [-0.1, -0.05) is 6.92 Å². The second-order valence-electron chi connectivity index (χ2n) is 5.70. The molecule has 1 atom stereocenters. The first kappa shape index (κ1) is 18.5. The third-order valence-corrected chi connectivity index (χ3v) is 4.36. The number of hydrogen-bond donors (Lipinski definition) is 2. The Balaban J connectivity index is 2.36. The summed E-state index contributed by atoms with van der Waals surface area (Å²) in [6.45, 7) is 8.69. The topological polar surface area (TPSA) is 63.5 Å². The summed E-state index contributed by atoms with van der Waals surface area (Å²) in [6, 6.07) is 2.06. The highest BCUT2D eigenvalue weighted by Crippen LogP contribution is 2.26. The van der Waals surface area contributed by atoms with E-state index in [9.17, 15) is 4.79 Å². The fraction of sp³-hybridized carbons (Fsp3) is 0.643. The first-order valence-electron chi connectivity index (χ1n) is 6.85. The average molecular weight is 426 g/mol. The van der Waals surface area contributed by atoms with Crippen molar-refractivity contribution in [2.75, 3.05) is 6.54 Å². The zero-order valence-corrected chi connectivity index (χ0v) is 15.9. The molecule has 1 aromatic rings. The fourth-order valence-corrected chi connectivity index (χ4v) is 2.26. The van der Waals surface area contributed by atoms with Gasteiger partial charge in [-0.2, -0.15) is 0 Å². The Kier molecular flexibility index (Phi) is 7.23. The molecular weight excluding hydrogens is 404 g/mol. The van der Waals surface area contributed by atoms with Crippen LogP contribution in [0.4, 0.5) is 4.79 Å². The van der Waals surface area contributed by atoms with Gasteiger partial charge in [-0.05, 0) is 65.1 Å². The lowest BCUT2D eigenvalue weighted by Crippen LogP contribution is -2.42. The molecule has 0 aromatic carbocycles. The van der Waals surface area contributed by atoms with Crippen LogP contribution in [0.5, 0.6) is 0 Å². The van der Waals surface area contributed by atoms with Crippen LogP contribution in [0, 0.1) is 0 Å². The Morgan fingerprint density at radius 1 is 1.43 bits per heavy atom. The molecule has 0 spiro atoms. The minimum Gasteiger partial charge on any atom is -0.452 e. The van der Waals surface area contributed by atoms with E-state index in [0.29, 0.717) is 17.8 Å². The predicted molar refractivity (Wildman–Crippen MR) is 89.3 cm³/mol. The van der Waals surface area contributed by atoms with Crippen molar-refractivity contribution in [2.24, 2.45) is 0 Å². The standard InChI is InChI=1S/C14H22Br2N2O3/c1-5-9(7-18-13(19)21-14(2,3)4)17-8-10-6-11(15)12(16)20-10/h6,9,17H,5,7-8H2,1-4H3,(H,18,19). The maximum Gasteiger partial charge on any atom is 0.407 e. The molecule has 0 saturated heterocycles. The minimum atomic E-state index is -0.480. The number of rotatable bonds is 6. The van der Waals surface area contributed by atoms with E-state index < -0.39 is 11.7 Å². The molecule has 5 nitrogen and oxygen atoms in total. The third-order valence-electron chi connectivity index (χ3n) is 2.65. The lowest BCUT2D eigenvalue weighted by molar-refractivity contribution is 0.0522. The van der Waals surface area contributed by atoms with Gasteiger partial charge in [0.15, 0.2) is 4.67 Å². The molecule has 0 bridgehead atoms. The van der Waals surface area contributed by atoms with E-state index in [1.165, 1.54) is 0 Å². The molecule has 1 aromatic heterocycles. The highest BCUT2D eigenvalue weighted by Gasteiger charge is 2.17. The average Bonchev–Trinajstić information content (AvgIpc) is 2.67. The van der Waals surface area contributed by atoms with Gasteiger partial charge < -0.3 is 19.8 Å². The summed E-state index contributed by atoms with van der Waals surface area (Å²) in [6.07, 6.45) is 0.491. The van der Waals surface area contributed by atoms with E-state index in [1.807, 2.05) is 26.8 Å². The van der Waals surface area contributed by atoms with E-state index in [1.54, 1.807) is 0 Å². The van der Waals surface area contributed by atoms with Gasteiger partial charge in [-0.3, -0.25) is 0 Å². The van der Waals surface area contributed by atoms with Crippen molar-refractivity contribution in [2.45, 2.75) is 52.3 Å². The Morgan fingerprint density at radius 3 is 2.57 bits per heavy atom. The number of halogens is 2. The van der Waals surface area contributed by atoms with Crippen molar-refractivity contribution in [3.05, 3.63) is 21.0 Å². The number of nitrogens with one attached hydrogen (secondary N) is 2. The summed E-state index contributed by atoms with van der Waals surface area (Å²) >= 11 is 6.68. The molecule has 7 heteroatoms. The van der Waals surface area contributed by atoms with Crippen molar-refractivity contribution in [1.82, 2.24) is 10.6 Å². The third kappa shape index (κ3) is 7.33. The molecule has 0 aliphatic rings. The molecule has 1 rings (SSSR count). The molecule has 21 heavy (non-hydrogen) atoms. The molecule has 120 valence electrons. The molecule has 0 radical (unpaired) electrons. The quantitative estimate of drug-likeness (QED) is 0.716. The molecule has 0 fully saturated rings. The van der Waals surface area contributed by atoms with Crippen molar-refractivity contribution >= 4 is 38.0 Å². The van der Waals surface area contributed by atoms with Crippen molar-refractivity contribution in [3.8, 4) is 0 Å². The Morgan fingerprint density at radius 2 is 2.10 bits per heavy atom. The van der Waals surface area contributed by atoms with E-state index in [-0.39, 0.29) is 6.04 Å². The van der Waals surface area contributed by atoms with Crippen LogP contribution < -0.4 is 10.6 Å². The molecule has 1 unspecified atom stereocenters. The van der Waals surface area contributed by atoms with Crippen LogP contribution in [0.2, 0.25) is 0 Å². The zero-order chi connectivity index (χ0) is 16.0. The van der Waals surface area contributed by atoms with E-state index >= 15 is 0 Å². The zero-order valence-electron chi connectivity index (χ0n) is 12.8. The summed E-state index contributed by atoms with van der Waals surface area (Å²) in [4.78, 5) is 11.6. The van der Waals surface area contributed by atoms with Gasteiger partial charge in [-0.15, -0.1) is 0 Å². The summed E-state index contributed by atoms with van der Waals surface area (Å²) in [5, 5.41) is 6.11. The Bertz CT molecular complexity index is 450. The largest absolute Gasteiger partial charge is 0.452 e. The van der Waals surface area contributed by atoms with Gasteiger partial charge >= 0.3 is 6.09 Å². The molecule has 2 N–H and O–H groups in total. The van der Waals surface area contributed by atoms with Crippen molar-refractivity contribution in [3.63, 3.8) is 0 Å². The second-order valence-corrected chi connectivity index (χ2v) is 7.28. The number of ether oxygens (including phenoxy) is 1. The number of carbonyl (C=O) groups is 1. The van der Waals surface area contributed by atoms with Crippen LogP contribution >= 0.6 is 31.9 Å². The summed E-state index contributed by atoms with van der Waals surface area (Å²) < 4.78 is 12.3. The van der Waals surface area contributed by atoms with Crippen LogP contribution in [-0.2, 0) is 11.3 Å². The maximum atomic E-state index is 11.6. The van der Waals surface area contributed by atoms with Crippen LogP contribution in [0.25, 0.3) is 0 Å². The molecule has 0 aliphatic carbocycles. The van der Waals surface area contributed by atoms with Crippen molar-refractivity contribution in [1.29, 1.82) is 0 Å². The summed E-state index contributed by atoms with van der Waals surface area (Å²) in [5.74, 6) is 0.824. The number of carbonyl (C=O) groups excluding carboxylic acids is 1. The van der Waals surface area contributed by atoms with Gasteiger partial charge in [0.05, 0.1) is 11.0 Å². The normalized spacial score (nSPS) is 13.0. The number of furan rings is 1. The molecule has 1 amide bonds. The molecule has 0 aliphatic heterocycles. The monoisotopic (exact) mass is 424 g/mol. The van der Waals surface area contributed by atoms with Crippen LogP contribution in [0.3, 0.4) is 0 Å². The highest BCUT2D eigenvalue weighted by atomic mass is 79.9. The number of alkyl carbamates (subject to hydrolysis) is 1. The second kappa shape index (κ2) is 8.19. The van der Waals surface area contributed by atoms with Gasteiger partial charge in [0.2, 0.25) is 0 Å². The van der Waals surface area contributed by atoms with Gasteiger partial charge in [0, 0.05) is 12.6 Å².